The van der Waals surface area contributed by atoms with Gasteiger partial charge < -0.3 is 10.2 Å². The zero-order valence-corrected chi connectivity index (χ0v) is 15.3. The topological polar surface area (TPSA) is 58.1 Å². The molecule has 0 radical (unpaired) electrons. The Morgan fingerprint density at radius 3 is 2.69 bits per heavy atom. The molecule has 5 nitrogen and oxygen atoms in total. The highest BCUT2D eigenvalue weighted by Crippen LogP contribution is 2.37. The normalized spacial score (nSPS) is 20.5. The van der Waals surface area contributed by atoms with E-state index < -0.39 is 0 Å². The number of carbonyl (C=O) groups is 1. The lowest BCUT2D eigenvalue weighted by molar-refractivity contribution is 0.0928. The summed E-state index contributed by atoms with van der Waals surface area (Å²) in [5.74, 6) is 0.712. The lowest BCUT2D eigenvalue weighted by atomic mass is 10.1. The van der Waals surface area contributed by atoms with E-state index in [0.717, 1.165) is 25.1 Å². The van der Waals surface area contributed by atoms with Crippen molar-refractivity contribution in [3.05, 3.63) is 47.9 Å². The second kappa shape index (κ2) is 7.44. The van der Waals surface area contributed by atoms with Crippen molar-refractivity contribution in [2.75, 3.05) is 4.90 Å². The summed E-state index contributed by atoms with van der Waals surface area (Å²) in [7, 11) is 0. The highest BCUT2D eigenvalue weighted by atomic mass is 16.1. The average molecular weight is 350 g/mol. The molecule has 4 rings (SSSR count). The number of hydrogen-bond donors (Lipinski definition) is 1. The average Bonchev–Trinajstić information content (AvgIpc) is 2.80. The lowest BCUT2D eigenvalue weighted by Crippen LogP contribution is -2.35. The Bertz CT molecular complexity index is 783. The van der Waals surface area contributed by atoms with Gasteiger partial charge in [-0.05, 0) is 37.8 Å². The molecule has 1 aliphatic heterocycles. The summed E-state index contributed by atoms with van der Waals surface area (Å²) in [4.78, 5) is 23.6. The number of nitrogens with zero attached hydrogens (tertiary/aromatic N) is 3. The van der Waals surface area contributed by atoms with E-state index in [9.17, 15) is 4.79 Å². The van der Waals surface area contributed by atoms with Crippen molar-refractivity contribution >= 4 is 17.4 Å². The molecule has 1 N–H and O–H groups in total. The summed E-state index contributed by atoms with van der Waals surface area (Å²) < 4.78 is 0. The first-order valence-corrected chi connectivity index (χ1v) is 9.72. The van der Waals surface area contributed by atoms with Gasteiger partial charge in [-0.15, -0.1) is 0 Å². The van der Waals surface area contributed by atoms with E-state index in [1.54, 1.807) is 0 Å². The van der Waals surface area contributed by atoms with E-state index in [0.29, 0.717) is 11.7 Å². The third-order valence-corrected chi connectivity index (χ3v) is 5.53. The van der Waals surface area contributed by atoms with Crippen LogP contribution in [0.25, 0.3) is 0 Å². The third-order valence-electron chi connectivity index (χ3n) is 5.53. The molecule has 2 aliphatic rings. The highest BCUT2D eigenvalue weighted by molar-refractivity contribution is 5.93. The number of amides is 1. The molecule has 0 spiro atoms. The van der Waals surface area contributed by atoms with E-state index in [2.05, 4.69) is 45.3 Å². The minimum absolute atomic E-state index is 0.0827. The van der Waals surface area contributed by atoms with Crippen molar-refractivity contribution in [1.82, 2.24) is 15.3 Å². The number of hydrogen-bond acceptors (Lipinski definition) is 4. The van der Waals surface area contributed by atoms with Gasteiger partial charge in [0.2, 0.25) is 0 Å². The molecule has 1 aromatic carbocycles. The van der Waals surface area contributed by atoms with Crippen LogP contribution in [0, 0.1) is 0 Å². The van der Waals surface area contributed by atoms with E-state index in [-0.39, 0.29) is 11.9 Å². The molecule has 1 amide bonds. The second-order valence-electron chi connectivity index (χ2n) is 7.48. The van der Waals surface area contributed by atoms with E-state index in [1.165, 1.54) is 43.3 Å². The first-order chi connectivity index (χ1) is 12.7. The summed E-state index contributed by atoms with van der Waals surface area (Å²) >= 11 is 0. The van der Waals surface area contributed by atoms with E-state index in [4.69, 9.17) is 0 Å². The number of nitrogens with one attached hydrogen (secondary N) is 1. The van der Waals surface area contributed by atoms with Crippen molar-refractivity contribution < 1.29 is 4.79 Å². The van der Waals surface area contributed by atoms with Gasteiger partial charge in [0.15, 0.2) is 0 Å². The van der Waals surface area contributed by atoms with E-state index in [1.807, 2.05) is 12.1 Å². The number of aromatic nitrogens is 2. The number of para-hydroxylation sites is 1. The number of anilines is 2. The van der Waals surface area contributed by atoms with Gasteiger partial charge in [0.1, 0.15) is 17.8 Å². The van der Waals surface area contributed by atoms with Crippen LogP contribution in [0.4, 0.5) is 11.5 Å². The number of benzene rings is 1. The Hall–Kier alpha value is -2.43. The quantitative estimate of drug-likeness (QED) is 0.850. The Morgan fingerprint density at radius 1 is 1.12 bits per heavy atom. The summed E-state index contributed by atoms with van der Waals surface area (Å²) in [6, 6.07) is 10.8. The standard InChI is InChI=1S/C21H26N4O/c1-15-12-16-8-6-7-11-19(16)25(15)20-13-18(22-14-23-20)21(26)24-17-9-4-2-3-5-10-17/h6-8,11,13-15,17H,2-5,9-10,12H2,1H3,(H,24,26). The summed E-state index contributed by atoms with van der Waals surface area (Å²) in [5, 5.41) is 3.18. The molecule has 0 saturated heterocycles. The van der Waals surface area contributed by atoms with Crippen LogP contribution in [0.3, 0.4) is 0 Å². The Balaban J connectivity index is 1.54. The fourth-order valence-corrected chi connectivity index (χ4v) is 4.20. The largest absolute Gasteiger partial charge is 0.348 e. The summed E-state index contributed by atoms with van der Waals surface area (Å²) in [5.41, 5.74) is 2.95. The molecule has 2 aromatic rings. The lowest BCUT2D eigenvalue weighted by Gasteiger charge is -2.24. The maximum absolute atomic E-state index is 12.7. The molecular formula is C21H26N4O. The Morgan fingerprint density at radius 2 is 1.88 bits per heavy atom. The van der Waals surface area contributed by atoms with Gasteiger partial charge in [-0.3, -0.25) is 4.79 Å². The van der Waals surface area contributed by atoms with Crippen LogP contribution in [-0.4, -0.2) is 28.0 Å². The summed E-state index contributed by atoms with van der Waals surface area (Å²) in [6.07, 6.45) is 9.58. The van der Waals surface area contributed by atoms with Crippen LogP contribution in [0.5, 0.6) is 0 Å². The fourth-order valence-electron chi connectivity index (χ4n) is 4.20. The highest BCUT2D eigenvalue weighted by Gasteiger charge is 2.28. The van der Waals surface area contributed by atoms with Gasteiger partial charge in [-0.2, -0.15) is 0 Å². The molecule has 5 heteroatoms. The van der Waals surface area contributed by atoms with Crippen LogP contribution < -0.4 is 10.2 Å². The van der Waals surface area contributed by atoms with Crippen molar-refractivity contribution in [3.63, 3.8) is 0 Å². The molecule has 26 heavy (non-hydrogen) atoms. The smallest absolute Gasteiger partial charge is 0.270 e. The molecule has 1 aromatic heterocycles. The first kappa shape index (κ1) is 17.0. The van der Waals surface area contributed by atoms with Gasteiger partial charge in [-0.1, -0.05) is 43.9 Å². The minimum Gasteiger partial charge on any atom is -0.348 e. The van der Waals surface area contributed by atoms with Crippen molar-refractivity contribution in [3.8, 4) is 0 Å². The number of carbonyl (C=O) groups excluding carboxylic acids is 1. The molecule has 1 saturated carbocycles. The molecule has 1 atom stereocenters. The maximum atomic E-state index is 12.7. The van der Waals surface area contributed by atoms with Crippen LogP contribution in [0.15, 0.2) is 36.7 Å². The van der Waals surface area contributed by atoms with Gasteiger partial charge in [0.05, 0.1) is 0 Å². The SMILES string of the molecule is CC1Cc2ccccc2N1c1cc(C(=O)NC2CCCCCC2)ncn1. The van der Waals surface area contributed by atoms with Crippen LogP contribution in [0.2, 0.25) is 0 Å². The predicted molar refractivity (Wildman–Crippen MR) is 103 cm³/mol. The molecule has 136 valence electrons. The van der Waals surface area contributed by atoms with Gasteiger partial charge in [0, 0.05) is 23.8 Å². The molecule has 0 bridgehead atoms. The van der Waals surface area contributed by atoms with Gasteiger partial charge >= 0.3 is 0 Å². The molecule has 2 heterocycles. The minimum atomic E-state index is -0.0827. The third kappa shape index (κ3) is 3.43. The maximum Gasteiger partial charge on any atom is 0.270 e. The second-order valence-corrected chi connectivity index (χ2v) is 7.48. The Labute approximate surface area is 154 Å². The zero-order chi connectivity index (χ0) is 17.9. The predicted octanol–water partition coefficient (Wildman–Crippen LogP) is 4.01. The first-order valence-electron chi connectivity index (χ1n) is 9.72. The summed E-state index contributed by atoms with van der Waals surface area (Å²) in [6.45, 7) is 2.19. The van der Waals surface area contributed by atoms with Crippen LogP contribution in [0.1, 0.15) is 61.5 Å². The van der Waals surface area contributed by atoms with Crippen LogP contribution >= 0.6 is 0 Å². The molecular weight excluding hydrogens is 324 g/mol. The molecule has 1 aliphatic carbocycles. The van der Waals surface area contributed by atoms with Crippen molar-refractivity contribution in [1.29, 1.82) is 0 Å². The van der Waals surface area contributed by atoms with Gasteiger partial charge in [0.25, 0.3) is 5.91 Å². The Kier molecular flexibility index (Phi) is 4.87. The number of rotatable bonds is 3. The fraction of sp³-hybridized carbons (Fsp3) is 0.476. The van der Waals surface area contributed by atoms with E-state index >= 15 is 0 Å². The van der Waals surface area contributed by atoms with Crippen LogP contribution in [-0.2, 0) is 6.42 Å². The number of fused-ring (bicyclic) bond motifs is 1. The zero-order valence-electron chi connectivity index (χ0n) is 15.3. The van der Waals surface area contributed by atoms with Crippen molar-refractivity contribution in [2.24, 2.45) is 0 Å². The van der Waals surface area contributed by atoms with Crippen molar-refractivity contribution in [2.45, 2.75) is 64.0 Å². The molecule has 1 fully saturated rings. The molecule has 1 unspecified atom stereocenters. The van der Waals surface area contributed by atoms with Gasteiger partial charge in [-0.25, -0.2) is 9.97 Å². The monoisotopic (exact) mass is 350 g/mol.